The first-order valence-corrected chi connectivity index (χ1v) is 4.74. The second-order valence-corrected chi connectivity index (χ2v) is 4.06. The first-order valence-electron chi connectivity index (χ1n) is 4.74. The maximum Gasteiger partial charge on any atom is 0.335 e. The molecule has 0 spiro atoms. The van der Waals surface area contributed by atoms with Crippen molar-refractivity contribution in [3.8, 4) is 0 Å². The summed E-state index contributed by atoms with van der Waals surface area (Å²) in [6.07, 6.45) is 0. The molecule has 5 nitrogen and oxygen atoms in total. The van der Waals surface area contributed by atoms with Crippen molar-refractivity contribution in [3.05, 3.63) is 29.8 Å². The SMILES string of the molecule is CC(C)(N)C(=O)Nc1cccc(C(=O)O)c1. The quantitative estimate of drug-likeness (QED) is 0.713. The van der Waals surface area contributed by atoms with E-state index in [0.717, 1.165) is 0 Å². The van der Waals surface area contributed by atoms with Crippen molar-refractivity contribution in [2.24, 2.45) is 5.73 Å². The summed E-state index contributed by atoms with van der Waals surface area (Å²) in [7, 11) is 0. The number of carboxylic acid groups (broad SMARTS) is 1. The molecule has 0 aliphatic carbocycles. The van der Waals surface area contributed by atoms with Gasteiger partial charge in [0.2, 0.25) is 5.91 Å². The molecule has 0 radical (unpaired) electrons. The second kappa shape index (κ2) is 4.32. The van der Waals surface area contributed by atoms with Crippen LogP contribution in [0.25, 0.3) is 0 Å². The van der Waals surface area contributed by atoms with Gasteiger partial charge < -0.3 is 16.2 Å². The monoisotopic (exact) mass is 222 g/mol. The molecule has 0 atom stereocenters. The summed E-state index contributed by atoms with van der Waals surface area (Å²) < 4.78 is 0. The van der Waals surface area contributed by atoms with Crippen LogP contribution < -0.4 is 11.1 Å². The van der Waals surface area contributed by atoms with Gasteiger partial charge in [0.1, 0.15) is 0 Å². The van der Waals surface area contributed by atoms with Crippen LogP contribution in [-0.2, 0) is 4.79 Å². The van der Waals surface area contributed by atoms with E-state index in [4.69, 9.17) is 10.8 Å². The summed E-state index contributed by atoms with van der Waals surface area (Å²) in [4.78, 5) is 22.2. The Morgan fingerprint density at radius 1 is 1.38 bits per heavy atom. The predicted molar refractivity (Wildman–Crippen MR) is 60.3 cm³/mol. The van der Waals surface area contributed by atoms with Crippen LogP contribution in [0.15, 0.2) is 24.3 Å². The molecule has 0 fully saturated rings. The molecule has 4 N–H and O–H groups in total. The molecule has 1 aromatic carbocycles. The minimum absolute atomic E-state index is 0.118. The number of nitrogens with one attached hydrogen (secondary N) is 1. The second-order valence-electron chi connectivity index (χ2n) is 4.06. The van der Waals surface area contributed by atoms with E-state index in [1.165, 1.54) is 12.1 Å². The van der Waals surface area contributed by atoms with Gasteiger partial charge in [-0.3, -0.25) is 4.79 Å². The van der Waals surface area contributed by atoms with Gasteiger partial charge in [0.25, 0.3) is 0 Å². The highest BCUT2D eigenvalue weighted by Gasteiger charge is 2.21. The number of amides is 1. The Labute approximate surface area is 93.3 Å². The molecular formula is C11H14N2O3. The first-order chi connectivity index (χ1) is 7.30. The van der Waals surface area contributed by atoms with Crippen molar-refractivity contribution in [3.63, 3.8) is 0 Å². The van der Waals surface area contributed by atoms with Crippen LogP contribution in [0.2, 0.25) is 0 Å². The maximum absolute atomic E-state index is 11.5. The Kier molecular flexibility index (Phi) is 3.29. The van der Waals surface area contributed by atoms with Crippen molar-refractivity contribution in [2.75, 3.05) is 5.32 Å². The summed E-state index contributed by atoms with van der Waals surface area (Å²) in [5.41, 5.74) is 5.13. The summed E-state index contributed by atoms with van der Waals surface area (Å²) in [6, 6.07) is 6.00. The summed E-state index contributed by atoms with van der Waals surface area (Å²) in [5, 5.41) is 11.3. The third kappa shape index (κ3) is 3.06. The third-order valence-electron chi connectivity index (χ3n) is 1.95. The van der Waals surface area contributed by atoms with Crippen LogP contribution >= 0.6 is 0 Å². The standard InChI is InChI=1S/C11H14N2O3/c1-11(2,12)10(16)13-8-5-3-4-7(6-8)9(14)15/h3-6H,12H2,1-2H3,(H,13,16)(H,14,15). The van der Waals surface area contributed by atoms with Gasteiger partial charge in [-0.1, -0.05) is 6.07 Å². The van der Waals surface area contributed by atoms with Gasteiger partial charge in [-0.05, 0) is 32.0 Å². The molecule has 1 aromatic rings. The van der Waals surface area contributed by atoms with Crippen molar-refractivity contribution in [1.82, 2.24) is 0 Å². The normalized spacial score (nSPS) is 10.9. The highest BCUT2D eigenvalue weighted by molar-refractivity contribution is 5.98. The van der Waals surface area contributed by atoms with E-state index in [0.29, 0.717) is 5.69 Å². The molecule has 16 heavy (non-hydrogen) atoms. The number of rotatable bonds is 3. The number of hydrogen-bond donors (Lipinski definition) is 3. The maximum atomic E-state index is 11.5. The zero-order chi connectivity index (χ0) is 12.3. The van der Waals surface area contributed by atoms with Crippen molar-refractivity contribution in [1.29, 1.82) is 0 Å². The van der Waals surface area contributed by atoms with E-state index < -0.39 is 11.5 Å². The van der Waals surface area contributed by atoms with Crippen LogP contribution in [0.4, 0.5) is 5.69 Å². The molecule has 0 heterocycles. The van der Waals surface area contributed by atoms with E-state index in [1.807, 2.05) is 0 Å². The first kappa shape index (κ1) is 12.2. The Morgan fingerprint density at radius 3 is 2.50 bits per heavy atom. The van der Waals surface area contributed by atoms with E-state index in [1.54, 1.807) is 26.0 Å². The molecule has 0 aliphatic rings. The largest absolute Gasteiger partial charge is 0.478 e. The van der Waals surface area contributed by atoms with E-state index in [-0.39, 0.29) is 11.5 Å². The van der Waals surface area contributed by atoms with E-state index in [9.17, 15) is 9.59 Å². The number of carboxylic acids is 1. The molecule has 5 heteroatoms. The number of anilines is 1. The molecule has 0 bridgehead atoms. The number of carbonyl (C=O) groups excluding carboxylic acids is 1. The number of nitrogens with two attached hydrogens (primary N) is 1. The van der Waals surface area contributed by atoms with Gasteiger partial charge in [-0.25, -0.2) is 4.79 Å². The summed E-state index contributed by atoms with van der Waals surface area (Å²) in [6.45, 7) is 3.15. The Balaban J connectivity index is 2.87. The van der Waals surface area contributed by atoms with Gasteiger partial charge >= 0.3 is 5.97 Å². The highest BCUT2D eigenvalue weighted by atomic mass is 16.4. The Bertz CT molecular complexity index is 421. The van der Waals surface area contributed by atoms with Gasteiger partial charge in [-0.2, -0.15) is 0 Å². The Morgan fingerprint density at radius 2 is 2.00 bits per heavy atom. The number of carbonyl (C=O) groups is 2. The van der Waals surface area contributed by atoms with Gasteiger partial charge in [-0.15, -0.1) is 0 Å². The van der Waals surface area contributed by atoms with Crippen molar-refractivity contribution < 1.29 is 14.7 Å². The summed E-state index contributed by atoms with van der Waals surface area (Å²) >= 11 is 0. The zero-order valence-corrected chi connectivity index (χ0v) is 9.15. The molecule has 0 aliphatic heterocycles. The Hall–Kier alpha value is -1.88. The zero-order valence-electron chi connectivity index (χ0n) is 9.15. The van der Waals surface area contributed by atoms with Crippen LogP contribution in [0.3, 0.4) is 0 Å². The average molecular weight is 222 g/mol. The predicted octanol–water partition coefficient (Wildman–Crippen LogP) is 1.06. The molecule has 0 saturated heterocycles. The number of benzene rings is 1. The molecule has 0 aromatic heterocycles. The van der Waals surface area contributed by atoms with Crippen molar-refractivity contribution >= 4 is 17.6 Å². The molecule has 0 saturated carbocycles. The lowest BCUT2D eigenvalue weighted by Gasteiger charge is -2.17. The van der Waals surface area contributed by atoms with Crippen LogP contribution in [0, 0.1) is 0 Å². The lowest BCUT2D eigenvalue weighted by Crippen LogP contribution is -2.45. The molecule has 86 valence electrons. The third-order valence-corrected chi connectivity index (χ3v) is 1.95. The molecule has 0 unspecified atom stereocenters. The van der Waals surface area contributed by atoms with Crippen LogP contribution in [-0.4, -0.2) is 22.5 Å². The number of aromatic carboxylic acids is 1. The fourth-order valence-corrected chi connectivity index (χ4v) is 1.02. The molecule has 1 amide bonds. The van der Waals surface area contributed by atoms with Gasteiger partial charge in [0, 0.05) is 5.69 Å². The summed E-state index contributed by atoms with van der Waals surface area (Å²) in [5.74, 6) is -1.40. The number of hydrogen-bond acceptors (Lipinski definition) is 3. The van der Waals surface area contributed by atoms with Gasteiger partial charge in [0.15, 0.2) is 0 Å². The lowest BCUT2D eigenvalue weighted by atomic mass is 10.1. The van der Waals surface area contributed by atoms with E-state index in [2.05, 4.69) is 5.32 Å². The van der Waals surface area contributed by atoms with Crippen LogP contribution in [0.5, 0.6) is 0 Å². The lowest BCUT2D eigenvalue weighted by molar-refractivity contribution is -0.120. The minimum atomic E-state index is -1.04. The highest BCUT2D eigenvalue weighted by Crippen LogP contribution is 2.12. The average Bonchev–Trinajstić information content (AvgIpc) is 2.16. The fraction of sp³-hybridized carbons (Fsp3) is 0.273. The molecular weight excluding hydrogens is 208 g/mol. The van der Waals surface area contributed by atoms with Crippen LogP contribution in [0.1, 0.15) is 24.2 Å². The molecule has 1 rings (SSSR count). The van der Waals surface area contributed by atoms with E-state index >= 15 is 0 Å². The minimum Gasteiger partial charge on any atom is -0.478 e. The smallest absolute Gasteiger partial charge is 0.335 e. The topological polar surface area (TPSA) is 92.4 Å². The van der Waals surface area contributed by atoms with Gasteiger partial charge in [0.05, 0.1) is 11.1 Å². The van der Waals surface area contributed by atoms with Crippen molar-refractivity contribution in [2.45, 2.75) is 19.4 Å². The fourth-order valence-electron chi connectivity index (χ4n) is 1.02.